The van der Waals surface area contributed by atoms with Crippen molar-refractivity contribution in [2.45, 2.75) is 48.5 Å². The number of aliphatic carboxylic acids is 3. The molecule has 2 aromatic heterocycles. The minimum Gasteiger partial charge on any atom is -0.480 e. The van der Waals surface area contributed by atoms with Gasteiger partial charge in [0.15, 0.2) is 33.8 Å². The number of amides is 3. The number of hydrogen-bond acceptors (Lipinski definition) is 19. The topological polar surface area (TPSA) is 318 Å². The van der Waals surface area contributed by atoms with Gasteiger partial charge in [-0.15, -0.1) is 46.2 Å². The number of nitrogens with zero attached hydrogens (tertiary/aromatic N) is 6. The van der Waals surface area contributed by atoms with E-state index in [4.69, 9.17) is 15.4 Å². The number of hydrogen-bond donors (Lipinski definition) is 9. The van der Waals surface area contributed by atoms with Crippen molar-refractivity contribution in [3.63, 3.8) is 0 Å². The summed E-state index contributed by atoms with van der Waals surface area (Å²) in [5, 5.41) is 52.7. The summed E-state index contributed by atoms with van der Waals surface area (Å²) in [6.45, 7) is 4.53. The number of rotatable bonds is 19. The van der Waals surface area contributed by atoms with Gasteiger partial charge in [-0.3, -0.25) is 19.7 Å². The Balaban J connectivity index is 1.19. The highest BCUT2D eigenvalue weighted by molar-refractivity contribution is 8.00. The van der Waals surface area contributed by atoms with Crippen LogP contribution in [0.15, 0.2) is 43.6 Å². The molecule has 2 fully saturated rings. The fourth-order valence-electron chi connectivity index (χ4n) is 8.12. The molecule has 65 heavy (non-hydrogen) atoms. The van der Waals surface area contributed by atoms with E-state index in [-0.39, 0.29) is 50.3 Å². The van der Waals surface area contributed by atoms with Crippen molar-refractivity contribution in [3.8, 4) is 0 Å². The molecule has 0 aliphatic carbocycles. The fraction of sp³-hybridized carbons (Fsp3) is 0.526. The number of carboxylic acids is 3. The van der Waals surface area contributed by atoms with Crippen LogP contribution in [0.5, 0.6) is 0 Å². The number of thioether (sulfide) groups is 2. The number of carbonyl (C=O) groups excluding carboxylic acids is 3. The van der Waals surface area contributed by atoms with Gasteiger partial charge >= 0.3 is 17.9 Å². The predicted molar refractivity (Wildman–Crippen MR) is 244 cm³/mol. The van der Waals surface area contributed by atoms with Crippen LogP contribution in [0.2, 0.25) is 0 Å². The molecule has 2 aromatic rings. The highest BCUT2D eigenvalue weighted by Gasteiger charge is 2.41. The minimum atomic E-state index is -1.61. The zero-order chi connectivity index (χ0) is 47.1. The zero-order valence-electron chi connectivity index (χ0n) is 36.0. The van der Waals surface area contributed by atoms with E-state index >= 15 is 0 Å². The summed E-state index contributed by atoms with van der Waals surface area (Å²) in [6.07, 6.45) is 4.07. The van der Waals surface area contributed by atoms with Crippen molar-refractivity contribution >= 4 is 104 Å². The molecule has 6 rings (SSSR count). The summed E-state index contributed by atoms with van der Waals surface area (Å²) in [4.78, 5) is 97.3. The molecule has 4 unspecified atom stereocenters. The van der Waals surface area contributed by atoms with E-state index in [1.54, 1.807) is 0 Å². The van der Waals surface area contributed by atoms with Gasteiger partial charge in [0.2, 0.25) is 0 Å². The number of likely N-dealkylation sites (N-methyl/N-ethyl adjacent to an activating group) is 2. The molecule has 0 radical (unpaired) electrons. The maximum absolute atomic E-state index is 14.2. The normalized spacial score (nSPS) is 21.7. The second-order valence-corrected chi connectivity index (χ2v) is 20.3. The number of aromatic nitrogens is 2. The van der Waals surface area contributed by atoms with Crippen LogP contribution in [-0.4, -0.2) is 183 Å². The molecule has 23 nitrogen and oxygen atoms in total. The number of carbonyl (C=O) groups is 6. The smallest absolute Gasteiger partial charge is 0.352 e. The summed E-state index contributed by atoms with van der Waals surface area (Å²) in [5.41, 5.74) is 6.36. The third-order valence-corrected chi connectivity index (χ3v) is 15.2. The van der Waals surface area contributed by atoms with Crippen molar-refractivity contribution in [2.75, 3.05) is 90.1 Å². The molecule has 4 atom stereocenters. The van der Waals surface area contributed by atoms with Crippen LogP contribution >= 0.6 is 46.2 Å². The van der Waals surface area contributed by atoms with Gasteiger partial charge in [-0.05, 0) is 0 Å². The van der Waals surface area contributed by atoms with Gasteiger partial charge in [0.25, 0.3) is 17.7 Å². The first-order valence-corrected chi connectivity index (χ1v) is 24.2. The lowest BCUT2D eigenvalue weighted by molar-refractivity contribution is -0.893. The maximum atomic E-state index is 14.2. The van der Waals surface area contributed by atoms with Crippen LogP contribution in [0.3, 0.4) is 0 Å². The Bertz CT molecular complexity index is 2300. The molecule has 4 aliphatic heterocycles. The number of nitrogens with one attached hydrogen (secondary N) is 5. The van der Waals surface area contributed by atoms with Crippen LogP contribution in [0.4, 0.5) is 10.3 Å². The minimum absolute atomic E-state index is 0.00931. The SMILES string of the molecule is CO/N=C(\C(=O)NC(C(=O)O)C1NC(C(=O)O)=C(C[N+]2(C)CCCC2)CS1)c1csc(NC(=O)C2=C(C[N+]3(C)CCCC3)CSC(C(NC(=O)/C(=N\OC)c3csc(N)n3)C(=O)O)N2)n1. The first-order chi connectivity index (χ1) is 30.9. The molecule has 2 saturated heterocycles. The van der Waals surface area contributed by atoms with Crippen LogP contribution < -0.4 is 32.3 Å². The summed E-state index contributed by atoms with van der Waals surface area (Å²) < 4.78 is 1.33. The molecule has 0 bridgehead atoms. The first kappa shape index (κ1) is 49.0. The van der Waals surface area contributed by atoms with Gasteiger partial charge in [0.05, 0.1) is 40.3 Å². The summed E-state index contributed by atoms with van der Waals surface area (Å²) >= 11 is 4.34. The summed E-state index contributed by atoms with van der Waals surface area (Å²) in [6, 6.07) is -3.19. The van der Waals surface area contributed by atoms with Crippen molar-refractivity contribution in [1.82, 2.24) is 31.2 Å². The van der Waals surface area contributed by atoms with E-state index in [1.807, 2.05) is 0 Å². The monoisotopic (exact) mass is 980 g/mol. The van der Waals surface area contributed by atoms with Gasteiger partial charge < -0.3 is 61.0 Å². The summed E-state index contributed by atoms with van der Waals surface area (Å²) in [5.74, 6) is -6.14. The number of thiazole rings is 2. The van der Waals surface area contributed by atoms with E-state index in [0.29, 0.717) is 33.2 Å². The van der Waals surface area contributed by atoms with Gasteiger partial charge in [0, 0.05) is 59.1 Å². The molecule has 3 amide bonds. The number of nitrogen functional groups attached to an aromatic ring is 1. The third-order valence-electron chi connectivity index (χ3n) is 11.3. The van der Waals surface area contributed by atoms with Gasteiger partial charge in [-0.2, -0.15) is 0 Å². The van der Waals surface area contributed by atoms with Gasteiger partial charge in [0.1, 0.15) is 60.8 Å². The number of oxime groups is 2. The predicted octanol–water partition coefficient (Wildman–Crippen LogP) is 0.0589. The number of carboxylic acid groups (broad SMARTS) is 3. The second-order valence-electron chi connectivity index (χ2n) is 16.3. The highest BCUT2D eigenvalue weighted by atomic mass is 32.2. The number of likely N-dealkylation sites (tertiary alicyclic amines) is 2. The molecule has 352 valence electrons. The Hall–Kier alpha value is -5.48. The Morgan fingerprint density at radius 3 is 1.63 bits per heavy atom. The third kappa shape index (κ3) is 12.1. The van der Waals surface area contributed by atoms with Crippen molar-refractivity contribution in [2.24, 2.45) is 10.3 Å². The molecule has 0 saturated carbocycles. The zero-order valence-corrected chi connectivity index (χ0v) is 39.2. The molecular formula is C38H52N12O11S4+2. The lowest BCUT2D eigenvalue weighted by Gasteiger charge is -2.36. The largest absolute Gasteiger partial charge is 0.480 e. The van der Waals surface area contributed by atoms with E-state index < -0.39 is 64.2 Å². The number of quaternary nitrogens is 2. The fourth-order valence-corrected chi connectivity index (χ4v) is 11.7. The first-order valence-electron chi connectivity index (χ1n) is 20.3. The molecule has 0 aromatic carbocycles. The Kier molecular flexibility index (Phi) is 16.0. The number of nitrogens with two attached hydrogens (primary N) is 1. The molecule has 27 heteroatoms. The Labute approximate surface area is 389 Å². The highest BCUT2D eigenvalue weighted by Crippen LogP contribution is 2.31. The Morgan fingerprint density at radius 1 is 0.754 bits per heavy atom. The molecule has 4 aliphatic rings. The molecule has 10 N–H and O–H groups in total. The van der Waals surface area contributed by atoms with E-state index in [2.05, 4.69) is 61.0 Å². The maximum Gasteiger partial charge on any atom is 0.352 e. The average molecular weight is 981 g/mol. The number of anilines is 2. The van der Waals surface area contributed by atoms with E-state index in [1.165, 1.54) is 36.7 Å². The second kappa shape index (κ2) is 21.2. The lowest BCUT2D eigenvalue weighted by atomic mass is 10.1. The average Bonchev–Trinajstić information content (AvgIpc) is 4.09. The van der Waals surface area contributed by atoms with Crippen LogP contribution in [-0.2, 0) is 38.4 Å². The Morgan fingerprint density at radius 2 is 1.20 bits per heavy atom. The van der Waals surface area contributed by atoms with Gasteiger partial charge in [-0.25, -0.2) is 24.4 Å². The van der Waals surface area contributed by atoms with E-state index in [0.717, 1.165) is 86.3 Å². The van der Waals surface area contributed by atoms with Crippen molar-refractivity contribution in [1.29, 1.82) is 0 Å². The van der Waals surface area contributed by atoms with Gasteiger partial charge in [-0.1, -0.05) is 10.3 Å². The quantitative estimate of drug-likeness (QED) is 0.0511. The van der Waals surface area contributed by atoms with Crippen LogP contribution in [0.1, 0.15) is 37.1 Å². The van der Waals surface area contributed by atoms with Crippen LogP contribution in [0, 0.1) is 0 Å². The molecular weight excluding hydrogens is 929 g/mol. The molecule has 6 heterocycles. The van der Waals surface area contributed by atoms with Crippen molar-refractivity contribution < 1.29 is 62.7 Å². The van der Waals surface area contributed by atoms with Crippen molar-refractivity contribution in [3.05, 3.63) is 44.7 Å². The standard InChI is InChI=1S/C38H50N12O11S4/c1-49(9-5-6-10-49)13-19-15-62-32(27(35(56)57)42-30(52)25(47-60-3)21-17-64-37(39)40-21)44-23(19)29(51)46-38-41-22(18-65-38)26(48-61-4)31(53)43-28(36(58)59)33-45-24(34(54)55)20(16-63-33)14-50(2)11-7-8-12-50/h17-18,27-28,32-33,44-45H,5-16H2,1-4H3,(H6-2,39,40,41,42,43,46,51,52,53,54,55,56,57,58,59)/p+2/b47-25-,48-26-. The lowest BCUT2D eigenvalue weighted by Crippen LogP contribution is -2.56. The van der Waals surface area contributed by atoms with Crippen LogP contribution in [0.25, 0.3) is 0 Å². The summed E-state index contributed by atoms with van der Waals surface area (Å²) in [7, 11) is 6.54. The van der Waals surface area contributed by atoms with E-state index in [9.17, 15) is 44.1 Å². The molecule has 0 spiro atoms.